The van der Waals surface area contributed by atoms with E-state index in [1.165, 1.54) is 0 Å². The number of benzene rings is 1. The summed E-state index contributed by atoms with van der Waals surface area (Å²) in [5, 5.41) is 3.18. The van der Waals surface area contributed by atoms with Crippen molar-refractivity contribution >= 4 is 35.8 Å². The monoisotopic (exact) mass is 361 g/mol. The van der Waals surface area contributed by atoms with Crippen LogP contribution in [0.25, 0.3) is 12.3 Å². The van der Waals surface area contributed by atoms with Crippen LogP contribution in [0.5, 0.6) is 0 Å². The zero-order valence-electron chi connectivity index (χ0n) is 15.8. The molecule has 0 fully saturated rings. The SMILES string of the molecule is C=Cn1c(/C=C\C)cnc1Nc1nc(CC)nc(N(C)c2ccccc2)n1. The number of para-hydroxylation sites is 1. The lowest BCUT2D eigenvalue weighted by molar-refractivity contribution is 0.883. The van der Waals surface area contributed by atoms with Crippen LogP contribution in [0.2, 0.25) is 0 Å². The summed E-state index contributed by atoms with van der Waals surface area (Å²) in [5.74, 6) is 2.32. The Morgan fingerprint density at radius 3 is 2.63 bits per heavy atom. The number of allylic oxidation sites excluding steroid dienone is 1. The number of aryl methyl sites for hydroxylation is 1. The standard InChI is InChI=1S/C20H23N7/c1-5-11-16-14-21-19(27(16)7-3)24-18-22-17(6-2)23-20(25-18)26(4)15-12-9-8-10-13-15/h5,7-14H,3,6H2,1-2,4H3,(H,21,22,23,24,25)/b11-5-. The van der Waals surface area contributed by atoms with Gasteiger partial charge in [0, 0.05) is 25.4 Å². The summed E-state index contributed by atoms with van der Waals surface area (Å²) >= 11 is 0. The molecule has 0 atom stereocenters. The molecule has 138 valence electrons. The smallest absolute Gasteiger partial charge is 0.234 e. The fourth-order valence-corrected chi connectivity index (χ4v) is 2.59. The molecule has 0 aliphatic carbocycles. The summed E-state index contributed by atoms with van der Waals surface area (Å²) in [6.07, 6.45) is 8.07. The third-order valence-electron chi connectivity index (χ3n) is 4.00. The highest BCUT2D eigenvalue weighted by molar-refractivity contribution is 5.59. The Kier molecular flexibility index (Phi) is 5.61. The summed E-state index contributed by atoms with van der Waals surface area (Å²) < 4.78 is 1.84. The zero-order chi connectivity index (χ0) is 19.2. The van der Waals surface area contributed by atoms with E-state index in [4.69, 9.17) is 0 Å². The number of rotatable bonds is 7. The Bertz CT molecular complexity index is 944. The molecule has 3 aromatic rings. The number of hydrogen-bond acceptors (Lipinski definition) is 6. The summed E-state index contributed by atoms with van der Waals surface area (Å²) in [6.45, 7) is 7.83. The van der Waals surface area contributed by atoms with E-state index in [1.54, 1.807) is 12.4 Å². The van der Waals surface area contributed by atoms with Crippen molar-refractivity contribution in [3.63, 3.8) is 0 Å². The molecule has 1 N–H and O–H groups in total. The fourth-order valence-electron chi connectivity index (χ4n) is 2.59. The van der Waals surface area contributed by atoms with Crippen molar-refractivity contribution in [2.24, 2.45) is 0 Å². The molecule has 7 heteroatoms. The van der Waals surface area contributed by atoms with E-state index in [-0.39, 0.29) is 0 Å². The van der Waals surface area contributed by atoms with Crippen molar-refractivity contribution in [1.82, 2.24) is 24.5 Å². The van der Waals surface area contributed by atoms with Crippen molar-refractivity contribution < 1.29 is 0 Å². The van der Waals surface area contributed by atoms with Crippen LogP contribution >= 0.6 is 0 Å². The van der Waals surface area contributed by atoms with Crippen molar-refractivity contribution in [2.45, 2.75) is 20.3 Å². The predicted octanol–water partition coefficient (Wildman–Crippen LogP) is 4.28. The first-order valence-electron chi connectivity index (χ1n) is 8.79. The predicted molar refractivity (Wildman–Crippen MR) is 110 cm³/mol. The Balaban J connectivity index is 1.96. The number of anilines is 4. The van der Waals surface area contributed by atoms with Crippen LogP contribution in [0.15, 0.2) is 49.2 Å². The van der Waals surface area contributed by atoms with Crippen LogP contribution in [0.3, 0.4) is 0 Å². The highest BCUT2D eigenvalue weighted by Crippen LogP contribution is 2.22. The van der Waals surface area contributed by atoms with E-state index in [2.05, 4.69) is 31.8 Å². The van der Waals surface area contributed by atoms with E-state index >= 15 is 0 Å². The maximum absolute atomic E-state index is 4.57. The second kappa shape index (κ2) is 8.27. The van der Waals surface area contributed by atoms with E-state index in [0.29, 0.717) is 30.1 Å². The molecule has 2 aromatic heterocycles. The van der Waals surface area contributed by atoms with Crippen molar-refractivity contribution in [3.8, 4) is 0 Å². The van der Waals surface area contributed by atoms with Gasteiger partial charge >= 0.3 is 0 Å². The molecule has 0 saturated carbocycles. The molecule has 0 unspecified atom stereocenters. The second-order valence-corrected chi connectivity index (χ2v) is 5.81. The molecule has 1 aromatic carbocycles. The molecule has 0 amide bonds. The average Bonchev–Trinajstić information content (AvgIpc) is 3.09. The molecule has 0 saturated heterocycles. The van der Waals surface area contributed by atoms with Crippen molar-refractivity contribution in [3.05, 3.63) is 60.7 Å². The van der Waals surface area contributed by atoms with Crippen LogP contribution in [0.4, 0.5) is 23.5 Å². The molecular weight excluding hydrogens is 338 g/mol. The van der Waals surface area contributed by atoms with Crippen molar-refractivity contribution in [2.75, 3.05) is 17.3 Å². The van der Waals surface area contributed by atoms with Gasteiger partial charge in [-0.2, -0.15) is 15.0 Å². The average molecular weight is 361 g/mol. The van der Waals surface area contributed by atoms with Gasteiger partial charge in [0.05, 0.1) is 11.9 Å². The van der Waals surface area contributed by atoms with Gasteiger partial charge in [-0.3, -0.25) is 9.88 Å². The van der Waals surface area contributed by atoms with E-state index in [0.717, 1.165) is 11.4 Å². The molecule has 0 aliphatic heterocycles. The van der Waals surface area contributed by atoms with Gasteiger partial charge in [0.1, 0.15) is 5.82 Å². The molecule has 0 radical (unpaired) electrons. The van der Waals surface area contributed by atoms with Gasteiger partial charge < -0.3 is 4.90 Å². The molecule has 0 bridgehead atoms. The third kappa shape index (κ3) is 4.03. The second-order valence-electron chi connectivity index (χ2n) is 5.81. The highest BCUT2D eigenvalue weighted by atomic mass is 15.3. The van der Waals surface area contributed by atoms with Crippen LogP contribution in [0, 0.1) is 0 Å². The normalized spacial score (nSPS) is 10.9. The van der Waals surface area contributed by atoms with E-state index < -0.39 is 0 Å². The minimum absolute atomic E-state index is 0.445. The molecule has 0 aliphatic rings. The number of aromatic nitrogens is 5. The summed E-state index contributed by atoms with van der Waals surface area (Å²) in [4.78, 5) is 19.9. The fraction of sp³-hybridized carbons (Fsp3) is 0.200. The third-order valence-corrected chi connectivity index (χ3v) is 4.00. The summed E-state index contributed by atoms with van der Waals surface area (Å²) in [7, 11) is 1.93. The zero-order valence-corrected chi connectivity index (χ0v) is 15.8. The molecular formula is C20H23N7. The first-order chi connectivity index (χ1) is 13.2. The first kappa shape index (κ1) is 18.3. The molecule has 27 heavy (non-hydrogen) atoms. The number of nitrogens with zero attached hydrogens (tertiary/aromatic N) is 6. The van der Waals surface area contributed by atoms with Gasteiger partial charge in [-0.25, -0.2) is 4.98 Å². The Labute approximate surface area is 159 Å². The lowest BCUT2D eigenvalue weighted by Gasteiger charge is -2.18. The molecule has 3 rings (SSSR count). The van der Waals surface area contributed by atoms with Crippen LogP contribution in [-0.4, -0.2) is 31.6 Å². The van der Waals surface area contributed by atoms with Crippen molar-refractivity contribution in [1.29, 1.82) is 0 Å². The lowest BCUT2D eigenvalue weighted by Crippen LogP contribution is -2.16. The Hall–Kier alpha value is -3.48. The summed E-state index contributed by atoms with van der Waals surface area (Å²) in [5.41, 5.74) is 1.92. The van der Waals surface area contributed by atoms with E-state index in [9.17, 15) is 0 Å². The van der Waals surface area contributed by atoms with Gasteiger partial charge in [0.15, 0.2) is 0 Å². The Morgan fingerprint density at radius 2 is 1.96 bits per heavy atom. The van der Waals surface area contributed by atoms with Gasteiger partial charge in [0.25, 0.3) is 0 Å². The topological polar surface area (TPSA) is 71.8 Å². The number of nitrogens with one attached hydrogen (secondary N) is 1. The van der Waals surface area contributed by atoms with Gasteiger partial charge in [0.2, 0.25) is 17.8 Å². The van der Waals surface area contributed by atoms with Gasteiger partial charge in [-0.05, 0) is 25.1 Å². The number of imidazole rings is 1. The molecule has 7 nitrogen and oxygen atoms in total. The maximum Gasteiger partial charge on any atom is 0.234 e. The first-order valence-corrected chi connectivity index (χ1v) is 8.79. The minimum Gasteiger partial charge on any atom is -0.313 e. The van der Waals surface area contributed by atoms with E-state index in [1.807, 2.05) is 72.8 Å². The van der Waals surface area contributed by atoms with Crippen LogP contribution in [0.1, 0.15) is 25.4 Å². The quantitative estimate of drug-likeness (QED) is 0.677. The largest absolute Gasteiger partial charge is 0.313 e. The summed E-state index contributed by atoms with van der Waals surface area (Å²) in [6, 6.07) is 9.96. The Morgan fingerprint density at radius 1 is 1.19 bits per heavy atom. The molecule has 2 heterocycles. The highest BCUT2D eigenvalue weighted by Gasteiger charge is 2.13. The maximum atomic E-state index is 4.57. The number of hydrogen-bond donors (Lipinski definition) is 1. The van der Waals surface area contributed by atoms with Crippen LogP contribution < -0.4 is 10.2 Å². The van der Waals surface area contributed by atoms with Gasteiger partial charge in [-0.15, -0.1) is 0 Å². The molecule has 0 spiro atoms. The van der Waals surface area contributed by atoms with Gasteiger partial charge in [-0.1, -0.05) is 37.8 Å². The van der Waals surface area contributed by atoms with Crippen LogP contribution in [-0.2, 0) is 6.42 Å². The lowest BCUT2D eigenvalue weighted by atomic mass is 10.3. The minimum atomic E-state index is 0.445.